The Balaban J connectivity index is 2.51. The number of nitrogens with zero attached hydrogens (tertiary/aromatic N) is 1. The minimum absolute atomic E-state index is 0.191. The Morgan fingerprint density at radius 3 is 2.00 bits per heavy atom. The molecule has 0 saturated carbocycles. The monoisotopic (exact) mass is 305 g/mol. The van der Waals surface area contributed by atoms with E-state index in [0.29, 0.717) is 5.17 Å². The third-order valence-corrected chi connectivity index (χ3v) is 5.16. The molecule has 1 aliphatic carbocycles. The van der Waals surface area contributed by atoms with Crippen LogP contribution < -0.4 is 4.74 Å². The average molecular weight is 305 g/mol. The smallest absolute Gasteiger partial charge is 0.264 e. The van der Waals surface area contributed by atoms with E-state index in [4.69, 9.17) is 17.0 Å². The van der Waals surface area contributed by atoms with Crippen molar-refractivity contribution in [3.8, 4) is 5.75 Å². The molecule has 1 aliphatic rings. The molecule has 0 fully saturated rings. The molecule has 2 nitrogen and oxygen atoms in total. The Morgan fingerprint density at radius 1 is 1.05 bits per heavy atom. The molecule has 21 heavy (non-hydrogen) atoms. The molecule has 0 radical (unpaired) electrons. The van der Waals surface area contributed by atoms with Crippen molar-refractivity contribution in [2.45, 2.75) is 58.3 Å². The molecular formula is C18H27NOS. The van der Waals surface area contributed by atoms with Crippen molar-refractivity contribution in [2.24, 2.45) is 0 Å². The Morgan fingerprint density at radius 2 is 1.52 bits per heavy atom. The minimum Gasteiger partial charge on any atom is -0.432 e. The fourth-order valence-corrected chi connectivity index (χ4v) is 3.09. The number of hydrogen-bond donors (Lipinski definition) is 0. The van der Waals surface area contributed by atoms with Crippen molar-refractivity contribution in [1.82, 2.24) is 4.90 Å². The summed E-state index contributed by atoms with van der Waals surface area (Å²) in [7, 11) is 3.81. The first-order valence-electron chi connectivity index (χ1n) is 7.59. The largest absolute Gasteiger partial charge is 0.432 e. The predicted molar refractivity (Wildman–Crippen MR) is 93.4 cm³/mol. The highest BCUT2D eigenvalue weighted by Crippen LogP contribution is 2.47. The lowest BCUT2D eigenvalue weighted by atomic mass is 9.63. The molecule has 0 atom stereocenters. The molecule has 1 aromatic carbocycles. The van der Waals surface area contributed by atoms with Gasteiger partial charge in [0.1, 0.15) is 5.75 Å². The van der Waals surface area contributed by atoms with Gasteiger partial charge in [0.15, 0.2) is 0 Å². The second-order valence-electron chi connectivity index (χ2n) is 7.69. The molecule has 0 aliphatic heterocycles. The molecule has 0 bridgehead atoms. The Bertz CT molecular complexity index is 573. The summed E-state index contributed by atoms with van der Waals surface area (Å²) in [5.41, 5.74) is 4.44. The molecule has 0 aromatic heterocycles. The zero-order valence-electron chi connectivity index (χ0n) is 14.3. The van der Waals surface area contributed by atoms with Gasteiger partial charge in [-0.05, 0) is 65.6 Å². The first-order valence-corrected chi connectivity index (χ1v) is 8.00. The fourth-order valence-electron chi connectivity index (χ4n) is 3.00. The standard InChI is InChI=1S/C18H27NOS/c1-12-10-13-14(11-15(12)20-16(21)19(6)7)18(4,5)9-8-17(13,2)3/h10-11H,8-9H2,1-7H3. The van der Waals surface area contributed by atoms with Crippen molar-refractivity contribution < 1.29 is 4.74 Å². The van der Waals surface area contributed by atoms with E-state index in [2.05, 4.69) is 46.8 Å². The van der Waals surface area contributed by atoms with Gasteiger partial charge in [-0.25, -0.2) is 0 Å². The molecule has 0 N–H and O–H groups in total. The Labute approximate surface area is 134 Å². The van der Waals surface area contributed by atoms with Crippen LogP contribution >= 0.6 is 12.2 Å². The molecule has 0 spiro atoms. The van der Waals surface area contributed by atoms with E-state index in [-0.39, 0.29) is 10.8 Å². The van der Waals surface area contributed by atoms with Gasteiger partial charge in [-0.1, -0.05) is 33.8 Å². The van der Waals surface area contributed by atoms with Gasteiger partial charge in [0.2, 0.25) is 0 Å². The highest BCUT2D eigenvalue weighted by Gasteiger charge is 2.37. The lowest BCUT2D eigenvalue weighted by Gasteiger charge is -2.42. The van der Waals surface area contributed by atoms with Crippen molar-refractivity contribution in [3.05, 3.63) is 28.8 Å². The highest BCUT2D eigenvalue weighted by molar-refractivity contribution is 7.80. The first kappa shape index (κ1) is 16.3. The quantitative estimate of drug-likeness (QED) is 0.705. The number of ether oxygens (including phenoxy) is 1. The van der Waals surface area contributed by atoms with Gasteiger partial charge in [-0.15, -0.1) is 0 Å². The Hall–Kier alpha value is -1.09. The van der Waals surface area contributed by atoms with Crippen LogP contribution in [0.3, 0.4) is 0 Å². The van der Waals surface area contributed by atoms with Crippen molar-refractivity contribution in [3.63, 3.8) is 0 Å². The molecule has 0 amide bonds. The second-order valence-corrected chi connectivity index (χ2v) is 8.04. The van der Waals surface area contributed by atoms with Gasteiger partial charge < -0.3 is 9.64 Å². The summed E-state index contributed by atoms with van der Waals surface area (Å²) in [5, 5.41) is 0.505. The fraction of sp³-hybridized carbons (Fsp3) is 0.611. The minimum atomic E-state index is 0.191. The molecule has 1 aromatic rings. The summed E-state index contributed by atoms with van der Waals surface area (Å²) in [5.74, 6) is 0.887. The van der Waals surface area contributed by atoms with E-state index in [1.807, 2.05) is 19.0 Å². The summed E-state index contributed by atoms with van der Waals surface area (Å²) >= 11 is 5.28. The third-order valence-electron chi connectivity index (χ3n) is 4.71. The zero-order valence-corrected chi connectivity index (χ0v) is 15.1. The van der Waals surface area contributed by atoms with Crippen molar-refractivity contribution >= 4 is 17.4 Å². The van der Waals surface area contributed by atoms with Crippen LogP contribution in [-0.4, -0.2) is 24.2 Å². The molecule has 0 heterocycles. The van der Waals surface area contributed by atoms with Crippen LogP contribution in [0.5, 0.6) is 5.75 Å². The van der Waals surface area contributed by atoms with Crippen LogP contribution in [0, 0.1) is 6.92 Å². The maximum absolute atomic E-state index is 5.89. The summed E-state index contributed by atoms with van der Waals surface area (Å²) in [6.45, 7) is 11.4. The number of rotatable bonds is 1. The van der Waals surface area contributed by atoms with Crippen LogP contribution in [0.1, 0.15) is 57.2 Å². The van der Waals surface area contributed by atoms with Crippen LogP contribution in [0.15, 0.2) is 12.1 Å². The van der Waals surface area contributed by atoms with Gasteiger partial charge in [0.05, 0.1) is 0 Å². The van der Waals surface area contributed by atoms with Crippen LogP contribution in [0.25, 0.3) is 0 Å². The first-order chi connectivity index (χ1) is 9.54. The van der Waals surface area contributed by atoms with Crippen LogP contribution in [-0.2, 0) is 10.8 Å². The van der Waals surface area contributed by atoms with E-state index in [1.165, 1.54) is 24.0 Å². The number of hydrogen-bond acceptors (Lipinski definition) is 2. The van der Waals surface area contributed by atoms with Crippen LogP contribution in [0.2, 0.25) is 0 Å². The topological polar surface area (TPSA) is 12.5 Å². The van der Waals surface area contributed by atoms with E-state index < -0.39 is 0 Å². The molecule has 0 unspecified atom stereocenters. The maximum Gasteiger partial charge on any atom is 0.264 e. The van der Waals surface area contributed by atoms with Gasteiger partial charge in [-0.3, -0.25) is 0 Å². The zero-order chi connectivity index (χ0) is 16.0. The van der Waals surface area contributed by atoms with E-state index in [1.54, 1.807) is 0 Å². The number of aryl methyl sites for hydroxylation is 1. The molecule has 116 valence electrons. The summed E-state index contributed by atoms with van der Waals surface area (Å²) in [6, 6.07) is 4.51. The van der Waals surface area contributed by atoms with Gasteiger partial charge >= 0.3 is 0 Å². The lowest BCUT2D eigenvalue weighted by Crippen LogP contribution is -2.34. The molecule has 3 heteroatoms. The summed E-state index contributed by atoms with van der Waals surface area (Å²) < 4.78 is 5.89. The SMILES string of the molecule is Cc1cc2c(cc1OC(=S)N(C)C)C(C)(C)CCC2(C)C. The second kappa shape index (κ2) is 5.28. The van der Waals surface area contributed by atoms with Crippen molar-refractivity contribution in [1.29, 1.82) is 0 Å². The molecule has 2 rings (SSSR count). The molecule has 0 saturated heterocycles. The van der Waals surface area contributed by atoms with Gasteiger partial charge in [0.25, 0.3) is 5.17 Å². The van der Waals surface area contributed by atoms with E-state index in [9.17, 15) is 0 Å². The number of thiocarbonyl (C=S) groups is 1. The van der Waals surface area contributed by atoms with E-state index >= 15 is 0 Å². The van der Waals surface area contributed by atoms with Gasteiger partial charge in [-0.2, -0.15) is 0 Å². The van der Waals surface area contributed by atoms with Gasteiger partial charge in [0, 0.05) is 14.1 Å². The summed E-state index contributed by atoms with van der Waals surface area (Å²) in [4.78, 5) is 1.82. The maximum atomic E-state index is 5.89. The third kappa shape index (κ3) is 3.08. The predicted octanol–water partition coefficient (Wildman–Crippen LogP) is 4.57. The number of benzene rings is 1. The lowest BCUT2D eigenvalue weighted by molar-refractivity contribution is 0.330. The molecular weight excluding hydrogens is 278 g/mol. The summed E-state index contributed by atoms with van der Waals surface area (Å²) in [6.07, 6.45) is 2.43. The van der Waals surface area contributed by atoms with Crippen LogP contribution in [0.4, 0.5) is 0 Å². The highest BCUT2D eigenvalue weighted by atomic mass is 32.1. The van der Waals surface area contributed by atoms with E-state index in [0.717, 1.165) is 11.3 Å². The number of fused-ring (bicyclic) bond motifs is 1. The van der Waals surface area contributed by atoms with Crippen molar-refractivity contribution in [2.75, 3.05) is 14.1 Å². The normalized spacial score (nSPS) is 18.8. The Kier molecular flexibility index (Phi) is 4.09. The average Bonchev–Trinajstić information content (AvgIpc) is 2.36.